The van der Waals surface area contributed by atoms with E-state index in [1.807, 2.05) is 6.07 Å². The number of nitrogens with one attached hydrogen (secondary N) is 2. The van der Waals surface area contributed by atoms with Gasteiger partial charge in [-0.1, -0.05) is 6.07 Å². The quantitative estimate of drug-likeness (QED) is 0.571. The highest BCUT2D eigenvalue weighted by molar-refractivity contribution is 6.00. The predicted molar refractivity (Wildman–Crippen MR) is 117 cm³/mol. The maximum Gasteiger partial charge on any atom is 0.251 e. The molecule has 0 aromatic heterocycles. The van der Waals surface area contributed by atoms with Gasteiger partial charge in [0.2, 0.25) is 11.8 Å². The fourth-order valence-corrected chi connectivity index (χ4v) is 3.24. The Hall–Kier alpha value is -3.39. The van der Waals surface area contributed by atoms with Crippen molar-refractivity contribution in [2.24, 2.45) is 0 Å². The standard InChI is InChI=1S/C23H27N3O5/c1-30-13-4-14-31-20-6-2-5-18(15-20)25-21(27)16-24-23(29)17-8-10-19(11-9-17)26-12-3-7-22(26)28/h2,5-6,8-11,15H,3-4,7,12-14,16H2,1H3,(H,24,29)(H,25,27). The maximum absolute atomic E-state index is 12.3. The molecule has 8 heteroatoms. The first kappa shape index (κ1) is 22.3. The number of rotatable bonds is 10. The number of methoxy groups -OCH3 is 1. The molecule has 3 rings (SSSR count). The van der Waals surface area contributed by atoms with Gasteiger partial charge in [0.25, 0.3) is 5.91 Å². The van der Waals surface area contributed by atoms with Crippen molar-refractivity contribution in [2.75, 3.05) is 43.6 Å². The van der Waals surface area contributed by atoms with E-state index in [1.165, 1.54) is 0 Å². The van der Waals surface area contributed by atoms with Crippen LogP contribution in [0.15, 0.2) is 48.5 Å². The maximum atomic E-state index is 12.3. The highest BCUT2D eigenvalue weighted by atomic mass is 16.5. The summed E-state index contributed by atoms with van der Waals surface area (Å²) in [7, 11) is 1.64. The van der Waals surface area contributed by atoms with E-state index in [-0.39, 0.29) is 24.3 Å². The van der Waals surface area contributed by atoms with Crippen LogP contribution in [-0.4, -0.2) is 51.1 Å². The summed E-state index contributed by atoms with van der Waals surface area (Å²) < 4.78 is 10.6. The summed E-state index contributed by atoms with van der Waals surface area (Å²) in [5, 5.41) is 5.34. The summed E-state index contributed by atoms with van der Waals surface area (Å²) in [6.45, 7) is 1.68. The number of hydrogen-bond acceptors (Lipinski definition) is 5. The molecule has 31 heavy (non-hydrogen) atoms. The summed E-state index contributed by atoms with van der Waals surface area (Å²) in [6, 6.07) is 13.9. The van der Waals surface area contributed by atoms with Gasteiger partial charge >= 0.3 is 0 Å². The van der Waals surface area contributed by atoms with Crippen molar-refractivity contribution in [3.8, 4) is 5.75 Å². The van der Waals surface area contributed by atoms with Crippen molar-refractivity contribution in [3.05, 3.63) is 54.1 Å². The molecule has 8 nitrogen and oxygen atoms in total. The Bertz CT molecular complexity index is 914. The molecular weight excluding hydrogens is 398 g/mol. The van der Waals surface area contributed by atoms with Gasteiger partial charge < -0.3 is 25.0 Å². The Morgan fingerprint density at radius 1 is 1.10 bits per heavy atom. The molecule has 0 aliphatic carbocycles. The molecule has 0 spiro atoms. The molecule has 1 aliphatic rings. The second-order valence-corrected chi connectivity index (χ2v) is 7.15. The molecule has 0 radical (unpaired) electrons. The SMILES string of the molecule is COCCCOc1cccc(NC(=O)CNC(=O)c2ccc(N3CCCC3=O)cc2)c1. The lowest BCUT2D eigenvalue weighted by Gasteiger charge is -2.15. The molecule has 0 unspecified atom stereocenters. The second-order valence-electron chi connectivity index (χ2n) is 7.15. The first-order valence-corrected chi connectivity index (χ1v) is 10.3. The molecule has 3 amide bonds. The van der Waals surface area contributed by atoms with E-state index < -0.39 is 0 Å². The average molecular weight is 425 g/mol. The summed E-state index contributed by atoms with van der Waals surface area (Å²) in [5.41, 5.74) is 1.79. The number of hydrogen-bond donors (Lipinski definition) is 2. The van der Waals surface area contributed by atoms with E-state index >= 15 is 0 Å². The number of ether oxygens (including phenoxy) is 2. The second kappa shape index (κ2) is 11.1. The van der Waals surface area contributed by atoms with E-state index in [9.17, 15) is 14.4 Å². The van der Waals surface area contributed by atoms with E-state index in [0.717, 1.165) is 18.5 Å². The van der Waals surface area contributed by atoms with Crippen LogP contribution in [0.25, 0.3) is 0 Å². The van der Waals surface area contributed by atoms with Crippen LogP contribution in [0.2, 0.25) is 0 Å². The molecule has 1 fully saturated rings. The zero-order chi connectivity index (χ0) is 22.1. The molecule has 1 heterocycles. The van der Waals surface area contributed by atoms with Gasteiger partial charge in [0.05, 0.1) is 13.2 Å². The molecule has 2 N–H and O–H groups in total. The zero-order valence-corrected chi connectivity index (χ0v) is 17.6. The normalized spacial score (nSPS) is 13.2. The number of carbonyl (C=O) groups is 3. The van der Waals surface area contributed by atoms with Crippen molar-refractivity contribution < 1.29 is 23.9 Å². The highest BCUT2D eigenvalue weighted by Gasteiger charge is 2.21. The lowest BCUT2D eigenvalue weighted by Crippen LogP contribution is -2.32. The van der Waals surface area contributed by atoms with Gasteiger partial charge in [-0.2, -0.15) is 0 Å². The third-order valence-electron chi connectivity index (χ3n) is 4.80. The molecular formula is C23H27N3O5. The Balaban J connectivity index is 1.46. The van der Waals surface area contributed by atoms with E-state index in [0.29, 0.717) is 43.2 Å². The van der Waals surface area contributed by atoms with E-state index in [1.54, 1.807) is 54.5 Å². The topological polar surface area (TPSA) is 97.0 Å². The fourth-order valence-electron chi connectivity index (χ4n) is 3.24. The Labute approximate surface area is 181 Å². The van der Waals surface area contributed by atoms with Crippen molar-refractivity contribution in [1.29, 1.82) is 0 Å². The highest BCUT2D eigenvalue weighted by Crippen LogP contribution is 2.21. The van der Waals surface area contributed by atoms with Crippen LogP contribution in [0.3, 0.4) is 0 Å². The van der Waals surface area contributed by atoms with Gasteiger partial charge in [-0.3, -0.25) is 14.4 Å². The largest absolute Gasteiger partial charge is 0.493 e. The van der Waals surface area contributed by atoms with Crippen LogP contribution in [-0.2, 0) is 14.3 Å². The van der Waals surface area contributed by atoms with Gasteiger partial charge in [-0.25, -0.2) is 0 Å². The minimum atomic E-state index is -0.357. The number of carbonyl (C=O) groups excluding carboxylic acids is 3. The summed E-state index contributed by atoms with van der Waals surface area (Å²) in [4.78, 5) is 38.0. The van der Waals surface area contributed by atoms with Crippen LogP contribution in [0, 0.1) is 0 Å². The van der Waals surface area contributed by atoms with Gasteiger partial charge in [-0.15, -0.1) is 0 Å². The minimum Gasteiger partial charge on any atom is -0.493 e. The molecule has 0 atom stereocenters. The Morgan fingerprint density at radius 3 is 2.61 bits per heavy atom. The van der Waals surface area contributed by atoms with Crippen LogP contribution >= 0.6 is 0 Å². The number of nitrogens with zero attached hydrogens (tertiary/aromatic N) is 1. The van der Waals surface area contributed by atoms with E-state index in [2.05, 4.69) is 10.6 Å². The lowest BCUT2D eigenvalue weighted by molar-refractivity contribution is -0.117. The van der Waals surface area contributed by atoms with E-state index in [4.69, 9.17) is 9.47 Å². The molecule has 164 valence electrons. The van der Waals surface area contributed by atoms with Crippen LogP contribution in [0.5, 0.6) is 5.75 Å². The van der Waals surface area contributed by atoms with Crippen molar-refractivity contribution in [2.45, 2.75) is 19.3 Å². The molecule has 0 saturated carbocycles. The van der Waals surface area contributed by atoms with Crippen LogP contribution in [0.4, 0.5) is 11.4 Å². The lowest BCUT2D eigenvalue weighted by atomic mass is 10.2. The molecule has 2 aromatic carbocycles. The molecule has 2 aromatic rings. The Kier molecular flexibility index (Phi) is 8.00. The first-order valence-electron chi connectivity index (χ1n) is 10.3. The first-order chi connectivity index (χ1) is 15.1. The predicted octanol–water partition coefficient (Wildman–Crippen LogP) is 2.60. The summed E-state index contributed by atoms with van der Waals surface area (Å²) in [6.07, 6.45) is 2.17. The van der Waals surface area contributed by atoms with Crippen molar-refractivity contribution in [1.82, 2.24) is 5.32 Å². The fraction of sp³-hybridized carbons (Fsp3) is 0.348. The van der Waals surface area contributed by atoms with Gasteiger partial charge in [0.15, 0.2) is 0 Å². The summed E-state index contributed by atoms with van der Waals surface area (Å²) in [5.74, 6) is 0.0432. The zero-order valence-electron chi connectivity index (χ0n) is 17.6. The average Bonchev–Trinajstić information content (AvgIpc) is 3.21. The molecule has 1 aliphatic heterocycles. The minimum absolute atomic E-state index is 0.0957. The van der Waals surface area contributed by atoms with Gasteiger partial charge in [-0.05, 0) is 42.8 Å². The monoisotopic (exact) mass is 425 g/mol. The molecule has 0 bridgehead atoms. The third-order valence-corrected chi connectivity index (χ3v) is 4.80. The van der Waals surface area contributed by atoms with Crippen LogP contribution in [0.1, 0.15) is 29.6 Å². The number of anilines is 2. The van der Waals surface area contributed by atoms with Crippen molar-refractivity contribution >= 4 is 29.1 Å². The number of amides is 3. The van der Waals surface area contributed by atoms with Crippen molar-refractivity contribution in [3.63, 3.8) is 0 Å². The third kappa shape index (κ3) is 6.55. The summed E-state index contributed by atoms with van der Waals surface area (Å²) >= 11 is 0. The van der Waals surface area contributed by atoms with Crippen LogP contribution < -0.4 is 20.3 Å². The smallest absolute Gasteiger partial charge is 0.251 e. The van der Waals surface area contributed by atoms with Gasteiger partial charge in [0.1, 0.15) is 5.75 Å². The van der Waals surface area contributed by atoms with Gasteiger partial charge in [0, 0.05) is 56.1 Å². The Morgan fingerprint density at radius 2 is 1.90 bits per heavy atom. The molecule has 1 saturated heterocycles. The number of benzene rings is 2.